The molecule has 0 radical (unpaired) electrons. The monoisotopic (exact) mass is 350 g/mol. The molecule has 2 aromatic rings. The number of hydrogen-bond acceptors (Lipinski definition) is 3. The van der Waals surface area contributed by atoms with Crippen LogP contribution in [0, 0.1) is 13.8 Å². The van der Waals surface area contributed by atoms with Crippen molar-refractivity contribution in [3.63, 3.8) is 0 Å². The fourth-order valence-electron chi connectivity index (χ4n) is 2.90. The minimum Gasteiger partial charge on any atom is -0.466 e. The maximum absolute atomic E-state index is 12.0. The van der Waals surface area contributed by atoms with Gasteiger partial charge in [-0.25, -0.2) is 5.01 Å². The smallest absolute Gasteiger partial charge is 0.240 e. The summed E-state index contributed by atoms with van der Waals surface area (Å²) >= 11 is 12.4. The third-order valence-electron chi connectivity index (χ3n) is 3.93. The van der Waals surface area contributed by atoms with Crippen molar-refractivity contribution in [3.05, 3.63) is 57.0 Å². The predicted octanol–water partition coefficient (Wildman–Crippen LogP) is 4.90. The largest absolute Gasteiger partial charge is 0.466 e. The van der Waals surface area contributed by atoms with E-state index in [0.717, 1.165) is 28.4 Å². The molecule has 23 heavy (non-hydrogen) atoms. The molecule has 0 saturated heterocycles. The Bertz CT molecular complexity index is 811. The highest BCUT2D eigenvalue weighted by Crippen LogP contribution is 2.39. The van der Waals surface area contributed by atoms with Crippen LogP contribution in [0.25, 0.3) is 0 Å². The molecular formula is C17H16Cl2N2O2. The molecule has 1 aliphatic heterocycles. The average Bonchev–Trinajstić information content (AvgIpc) is 3.05. The van der Waals surface area contributed by atoms with Gasteiger partial charge >= 0.3 is 0 Å². The number of carbonyl (C=O) groups excluding carboxylic acids is 1. The molecule has 1 aromatic carbocycles. The summed E-state index contributed by atoms with van der Waals surface area (Å²) in [5.74, 6) is 1.47. The molecule has 1 aliphatic rings. The normalized spacial score (nSPS) is 17.5. The van der Waals surface area contributed by atoms with Gasteiger partial charge in [0.15, 0.2) is 0 Å². The van der Waals surface area contributed by atoms with Crippen molar-refractivity contribution in [2.24, 2.45) is 5.10 Å². The zero-order valence-corrected chi connectivity index (χ0v) is 14.6. The van der Waals surface area contributed by atoms with Crippen LogP contribution in [0.5, 0.6) is 0 Å². The van der Waals surface area contributed by atoms with Crippen molar-refractivity contribution in [3.8, 4) is 0 Å². The Labute approximate surface area is 144 Å². The lowest BCUT2D eigenvalue weighted by Crippen LogP contribution is -2.24. The van der Waals surface area contributed by atoms with Gasteiger partial charge in [0, 0.05) is 18.9 Å². The van der Waals surface area contributed by atoms with E-state index in [1.165, 1.54) is 11.9 Å². The lowest BCUT2D eigenvalue weighted by Gasteiger charge is -2.21. The maximum atomic E-state index is 12.0. The fourth-order valence-corrected chi connectivity index (χ4v) is 3.33. The molecule has 1 amide bonds. The Morgan fingerprint density at radius 3 is 2.70 bits per heavy atom. The molecule has 6 heteroatoms. The van der Waals surface area contributed by atoms with E-state index in [2.05, 4.69) is 5.10 Å². The first kappa shape index (κ1) is 16.1. The SMILES string of the molecule is CC(=O)N1N=C(c2cc(C)oc2C)CC1c1cccc(Cl)c1Cl. The van der Waals surface area contributed by atoms with E-state index in [1.54, 1.807) is 6.07 Å². The molecule has 0 spiro atoms. The Kier molecular flexibility index (Phi) is 4.21. The summed E-state index contributed by atoms with van der Waals surface area (Å²) < 4.78 is 5.57. The standard InChI is InChI=1S/C17H16Cl2N2O2/c1-9-7-13(10(2)23-9)15-8-16(21(20-15)11(3)22)12-5-4-6-14(18)17(12)19/h4-7,16H,8H2,1-3H3. The molecular weight excluding hydrogens is 335 g/mol. The summed E-state index contributed by atoms with van der Waals surface area (Å²) in [5.41, 5.74) is 2.54. The molecule has 1 unspecified atom stereocenters. The van der Waals surface area contributed by atoms with Crippen molar-refractivity contribution in [2.75, 3.05) is 0 Å². The second kappa shape index (κ2) is 6.02. The van der Waals surface area contributed by atoms with Gasteiger partial charge in [-0.15, -0.1) is 0 Å². The van der Waals surface area contributed by atoms with Crippen molar-refractivity contribution in [2.45, 2.75) is 33.2 Å². The molecule has 0 aliphatic carbocycles. The van der Waals surface area contributed by atoms with Crippen LogP contribution in [0.4, 0.5) is 0 Å². The van der Waals surface area contributed by atoms with Gasteiger partial charge in [-0.05, 0) is 31.5 Å². The van der Waals surface area contributed by atoms with E-state index < -0.39 is 0 Å². The summed E-state index contributed by atoms with van der Waals surface area (Å²) in [6.07, 6.45) is 0.569. The minimum atomic E-state index is -0.261. The van der Waals surface area contributed by atoms with E-state index in [9.17, 15) is 4.79 Å². The summed E-state index contributed by atoms with van der Waals surface area (Å²) in [6, 6.07) is 7.11. The molecule has 4 nitrogen and oxygen atoms in total. The average molecular weight is 351 g/mol. The summed E-state index contributed by atoms with van der Waals surface area (Å²) in [7, 11) is 0. The van der Waals surface area contributed by atoms with Crippen molar-refractivity contribution >= 4 is 34.8 Å². The highest BCUT2D eigenvalue weighted by Gasteiger charge is 2.34. The Balaban J connectivity index is 2.02. The van der Waals surface area contributed by atoms with Crippen molar-refractivity contribution in [1.29, 1.82) is 0 Å². The Hall–Kier alpha value is -1.78. The highest BCUT2D eigenvalue weighted by atomic mass is 35.5. The number of hydrogen-bond donors (Lipinski definition) is 0. The Morgan fingerprint density at radius 2 is 2.09 bits per heavy atom. The second-order valence-corrected chi connectivity index (χ2v) is 6.39. The third kappa shape index (κ3) is 2.89. The van der Waals surface area contributed by atoms with Gasteiger partial charge in [-0.3, -0.25) is 4.79 Å². The molecule has 3 rings (SSSR count). The molecule has 1 atom stereocenters. The van der Waals surface area contributed by atoms with Crippen LogP contribution in [0.15, 0.2) is 33.8 Å². The van der Waals surface area contributed by atoms with Gasteiger partial charge in [0.1, 0.15) is 11.5 Å². The van der Waals surface area contributed by atoms with Crippen LogP contribution in [-0.2, 0) is 4.79 Å². The first-order chi connectivity index (χ1) is 10.9. The number of halogens is 2. The van der Waals surface area contributed by atoms with Crippen LogP contribution in [0.2, 0.25) is 10.0 Å². The van der Waals surface area contributed by atoms with Gasteiger partial charge in [0.25, 0.3) is 0 Å². The maximum Gasteiger partial charge on any atom is 0.240 e. The number of carbonyl (C=O) groups is 1. The number of hydrazone groups is 1. The lowest BCUT2D eigenvalue weighted by atomic mass is 9.98. The Morgan fingerprint density at radius 1 is 1.35 bits per heavy atom. The van der Waals surface area contributed by atoms with Crippen LogP contribution in [-0.4, -0.2) is 16.6 Å². The van der Waals surface area contributed by atoms with Crippen LogP contribution in [0.3, 0.4) is 0 Å². The van der Waals surface area contributed by atoms with E-state index in [0.29, 0.717) is 16.5 Å². The molecule has 0 bridgehead atoms. The van der Waals surface area contributed by atoms with Gasteiger partial charge in [0.05, 0.1) is 21.8 Å². The first-order valence-corrected chi connectivity index (χ1v) is 8.02. The van der Waals surface area contributed by atoms with Gasteiger partial charge in [-0.1, -0.05) is 35.3 Å². The summed E-state index contributed by atoms with van der Waals surface area (Å²) in [4.78, 5) is 12.0. The molecule has 0 N–H and O–H groups in total. The van der Waals surface area contributed by atoms with Crippen LogP contribution in [0.1, 0.15) is 42.0 Å². The second-order valence-electron chi connectivity index (χ2n) is 5.60. The molecule has 2 heterocycles. The zero-order chi connectivity index (χ0) is 16.7. The third-order valence-corrected chi connectivity index (χ3v) is 4.76. The number of amides is 1. The summed E-state index contributed by atoms with van der Waals surface area (Å²) in [6.45, 7) is 5.27. The van der Waals surface area contributed by atoms with Gasteiger partial charge in [-0.2, -0.15) is 5.10 Å². The molecule has 120 valence electrons. The number of nitrogens with zero attached hydrogens (tertiary/aromatic N) is 2. The van der Waals surface area contributed by atoms with Crippen LogP contribution >= 0.6 is 23.2 Å². The van der Waals surface area contributed by atoms with Gasteiger partial charge in [0.2, 0.25) is 5.91 Å². The van der Waals surface area contributed by atoms with E-state index in [-0.39, 0.29) is 11.9 Å². The number of aryl methyl sites for hydroxylation is 2. The number of benzene rings is 1. The van der Waals surface area contributed by atoms with E-state index in [4.69, 9.17) is 27.6 Å². The van der Waals surface area contributed by atoms with Crippen molar-refractivity contribution in [1.82, 2.24) is 5.01 Å². The van der Waals surface area contributed by atoms with E-state index >= 15 is 0 Å². The zero-order valence-electron chi connectivity index (χ0n) is 13.1. The molecule has 0 fully saturated rings. The first-order valence-electron chi connectivity index (χ1n) is 7.27. The molecule has 1 aromatic heterocycles. The minimum absolute atomic E-state index is 0.140. The predicted molar refractivity (Wildman–Crippen MR) is 91.1 cm³/mol. The highest BCUT2D eigenvalue weighted by molar-refractivity contribution is 6.42. The quantitative estimate of drug-likeness (QED) is 0.772. The fraction of sp³-hybridized carbons (Fsp3) is 0.294. The van der Waals surface area contributed by atoms with Crippen LogP contribution < -0.4 is 0 Å². The number of furan rings is 1. The molecule has 0 saturated carbocycles. The van der Waals surface area contributed by atoms with E-state index in [1.807, 2.05) is 32.0 Å². The summed E-state index contributed by atoms with van der Waals surface area (Å²) in [5, 5.41) is 6.90. The van der Waals surface area contributed by atoms with Gasteiger partial charge < -0.3 is 4.42 Å². The van der Waals surface area contributed by atoms with Crippen molar-refractivity contribution < 1.29 is 9.21 Å². The lowest BCUT2D eigenvalue weighted by molar-refractivity contribution is -0.130. The topological polar surface area (TPSA) is 45.8 Å². The number of rotatable bonds is 2.